The van der Waals surface area contributed by atoms with Gasteiger partial charge in [0.1, 0.15) is 0 Å². The average Bonchev–Trinajstić information content (AvgIpc) is 2.59. The highest BCUT2D eigenvalue weighted by atomic mass is 79.9. The molecule has 4 heteroatoms. The second kappa shape index (κ2) is 4.91. The summed E-state index contributed by atoms with van der Waals surface area (Å²) >= 11 is 5.45. The van der Waals surface area contributed by atoms with E-state index in [1.165, 1.54) is 15.8 Å². The van der Waals surface area contributed by atoms with E-state index < -0.39 is 0 Å². The van der Waals surface area contributed by atoms with Crippen LogP contribution < -0.4 is 0 Å². The van der Waals surface area contributed by atoms with Crippen molar-refractivity contribution in [1.29, 1.82) is 0 Å². The lowest BCUT2D eigenvalue weighted by Gasteiger charge is -2.30. The van der Waals surface area contributed by atoms with Crippen LogP contribution >= 0.6 is 27.9 Å². The molecule has 0 unspecified atom stereocenters. The number of hydrogen-bond donors (Lipinski definition) is 0. The van der Waals surface area contributed by atoms with Crippen LogP contribution in [0.1, 0.15) is 20.8 Å². The molecule has 0 aliphatic heterocycles. The Bertz CT molecular complexity index is 569. The van der Waals surface area contributed by atoms with Crippen LogP contribution in [0.25, 0.3) is 10.9 Å². The second-order valence-electron chi connectivity index (χ2n) is 5.53. The predicted molar refractivity (Wildman–Crippen MR) is 84.0 cm³/mol. The largest absolute Gasteiger partial charge is 0.350 e. The first-order chi connectivity index (χ1) is 8.29. The van der Waals surface area contributed by atoms with Crippen molar-refractivity contribution < 1.29 is 0 Å². The zero-order valence-electron chi connectivity index (χ0n) is 11.5. The summed E-state index contributed by atoms with van der Waals surface area (Å²) in [4.78, 5) is 1.26. The van der Waals surface area contributed by atoms with Crippen LogP contribution in [-0.2, 0) is 7.05 Å². The van der Waals surface area contributed by atoms with Gasteiger partial charge in [-0.1, -0.05) is 0 Å². The molecule has 0 amide bonds. The molecule has 0 fully saturated rings. The topological polar surface area (TPSA) is 8.17 Å². The number of benzene rings is 1. The Hall–Kier alpha value is -0.450. The van der Waals surface area contributed by atoms with Crippen molar-refractivity contribution in [2.75, 3.05) is 7.05 Å². The molecule has 1 aromatic carbocycles. The van der Waals surface area contributed by atoms with Crippen LogP contribution in [0.15, 0.2) is 33.8 Å². The van der Waals surface area contributed by atoms with Crippen molar-refractivity contribution in [3.05, 3.63) is 28.9 Å². The van der Waals surface area contributed by atoms with E-state index in [4.69, 9.17) is 0 Å². The molecular formula is C14H19BrN2S. The van der Waals surface area contributed by atoms with Crippen molar-refractivity contribution in [3.8, 4) is 0 Å². The lowest BCUT2D eigenvalue weighted by molar-refractivity contribution is 0.319. The maximum Gasteiger partial charge on any atom is 0.0622 e. The molecule has 0 N–H and O–H groups in total. The molecule has 2 nitrogen and oxygen atoms in total. The number of halogens is 1. The van der Waals surface area contributed by atoms with E-state index in [1.807, 2.05) is 0 Å². The summed E-state index contributed by atoms with van der Waals surface area (Å²) < 4.78 is 5.57. The molecule has 0 atom stereocenters. The lowest BCUT2D eigenvalue weighted by Crippen LogP contribution is -2.32. The zero-order valence-corrected chi connectivity index (χ0v) is 13.9. The van der Waals surface area contributed by atoms with E-state index in [0.717, 1.165) is 4.47 Å². The molecular weight excluding hydrogens is 308 g/mol. The fourth-order valence-corrected chi connectivity index (χ4v) is 3.56. The molecule has 0 saturated heterocycles. The van der Waals surface area contributed by atoms with Crippen LogP contribution in [0, 0.1) is 0 Å². The van der Waals surface area contributed by atoms with E-state index in [0.29, 0.717) is 0 Å². The second-order valence-corrected chi connectivity index (χ2v) is 7.59. The highest BCUT2D eigenvalue weighted by Gasteiger charge is 2.18. The third kappa shape index (κ3) is 2.76. The lowest BCUT2D eigenvalue weighted by atomic mass is 10.1. The highest BCUT2D eigenvalue weighted by Crippen LogP contribution is 2.34. The number of nitrogens with zero attached hydrogens (tertiary/aromatic N) is 2. The Morgan fingerprint density at radius 2 is 1.94 bits per heavy atom. The molecule has 1 aromatic heterocycles. The monoisotopic (exact) mass is 326 g/mol. The number of hydrogen-bond acceptors (Lipinski definition) is 2. The van der Waals surface area contributed by atoms with Gasteiger partial charge in [-0.05, 0) is 73.9 Å². The highest BCUT2D eigenvalue weighted by molar-refractivity contribution is 9.10. The molecule has 0 aliphatic carbocycles. The Morgan fingerprint density at radius 1 is 1.28 bits per heavy atom. The van der Waals surface area contributed by atoms with E-state index in [2.05, 4.69) is 84.1 Å². The van der Waals surface area contributed by atoms with Gasteiger partial charge in [-0.3, -0.25) is 0 Å². The van der Waals surface area contributed by atoms with Crippen LogP contribution in [0.2, 0.25) is 0 Å². The normalized spacial score (nSPS) is 12.6. The number of aryl methyl sites for hydroxylation is 1. The Kier molecular flexibility index (Phi) is 3.81. The molecule has 0 radical (unpaired) electrons. The zero-order chi connectivity index (χ0) is 13.5. The van der Waals surface area contributed by atoms with Crippen molar-refractivity contribution in [2.24, 2.45) is 7.05 Å². The van der Waals surface area contributed by atoms with E-state index in [-0.39, 0.29) is 5.54 Å². The van der Waals surface area contributed by atoms with Gasteiger partial charge in [0, 0.05) is 33.5 Å². The molecule has 0 bridgehead atoms. The van der Waals surface area contributed by atoms with Gasteiger partial charge in [-0.15, -0.1) is 0 Å². The summed E-state index contributed by atoms with van der Waals surface area (Å²) in [6, 6.07) is 6.59. The Balaban J connectivity index is 2.36. The molecule has 0 spiro atoms. The maximum atomic E-state index is 3.67. The minimum absolute atomic E-state index is 0.156. The van der Waals surface area contributed by atoms with Gasteiger partial charge in [-0.2, -0.15) is 0 Å². The van der Waals surface area contributed by atoms with Gasteiger partial charge in [0.15, 0.2) is 0 Å². The number of rotatable bonds is 2. The minimum Gasteiger partial charge on any atom is -0.350 e. The van der Waals surface area contributed by atoms with Gasteiger partial charge in [0.2, 0.25) is 0 Å². The van der Waals surface area contributed by atoms with Crippen LogP contribution in [0.4, 0.5) is 0 Å². The van der Waals surface area contributed by atoms with Gasteiger partial charge in [0.25, 0.3) is 0 Å². The summed E-state index contributed by atoms with van der Waals surface area (Å²) in [6.45, 7) is 6.66. The molecule has 1 heterocycles. The predicted octanol–water partition coefficient (Wildman–Crippen LogP) is 4.68. The molecule has 0 aliphatic rings. The first-order valence-corrected chi connectivity index (χ1v) is 7.52. The van der Waals surface area contributed by atoms with Gasteiger partial charge in [0.05, 0.1) is 5.52 Å². The Morgan fingerprint density at radius 3 is 2.56 bits per heavy atom. The summed E-state index contributed by atoms with van der Waals surface area (Å²) in [5.41, 5.74) is 1.40. The molecule has 98 valence electrons. The standard InChI is InChI=1S/C14H19BrN2S/c1-14(2,3)17(5)18-11-8-10-6-7-16(4)13(10)12(15)9-11/h6-9H,1-5H3. The molecule has 2 aromatic rings. The van der Waals surface area contributed by atoms with Gasteiger partial charge in [-0.25, -0.2) is 4.31 Å². The summed E-state index contributed by atoms with van der Waals surface area (Å²) in [6.07, 6.45) is 2.09. The van der Waals surface area contributed by atoms with E-state index >= 15 is 0 Å². The smallest absolute Gasteiger partial charge is 0.0622 e. The molecule has 0 saturated carbocycles. The third-order valence-corrected chi connectivity index (χ3v) is 4.96. The number of fused-ring (bicyclic) bond motifs is 1. The maximum absolute atomic E-state index is 3.67. The molecule has 18 heavy (non-hydrogen) atoms. The average molecular weight is 327 g/mol. The quantitative estimate of drug-likeness (QED) is 0.740. The SMILES string of the molecule is CN(Sc1cc(Br)c2c(ccn2C)c1)C(C)(C)C. The first kappa shape index (κ1) is 14.0. The van der Waals surface area contributed by atoms with Gasteiger partial charge < -0.3 is 4.57 Å². The van der Waals surface area contributed by atoms with Crippen LogP contribution in [0.3, 0.4) is 0 Å². The van der Waals surface area contributed by atoms with Crippen molar-refractivity contribution in [1.82, 2.24) is 8.87 Å². The van der Waals surface area contributed by atoms with Crippen molar-refractivity contribution in [3.63, 3.8) is 0 Å². The van der Waals surface area contributed by atoms with E-state index in [9.17, 15) is 0 Å². The summed E-state index contributed by atoms with van der Waals surface area (Å²) in [5.74, 6) is 0. The number of aromatic nitrogens is 1. The van der Waals surface area contributed by atoms with Crippen LogP contribution in [-0.4, -0.2) is 21.5 Å². The first-order valence-electron chi connectivity index (χ1n) is 5.95. The van der Waals surface area contributed by atoms with Crippen molar-refractivity contribution in [2.45, 2.75) is 31.2 Å². The van der Waals surface area contributed by atoms with Crippen molar-refractivity contribution >= 4 is 38.8 Å². The fourth-order valence-electron chi connectivity index (χ4n) is 1.71. The summed E-state index contributed by atoms with van der Waals surface area (Å²) in [7, 11) is 4.20. The van der Waals surface area contributed by atoms with E-state index in [1.54, 1.807) is 11.9 Å². The summed E-state index contributed by atoms with van der Waals surface area (Å²) in [5, 5.41) is 1.27. The fraction of sp³-hybridized carbons (Fsp3) is 0.429. The molecule has 2 rings (SSSR count). The Labute approximate surface area is 122 Å². The van der Waals surface area contributed by atoms with Gasteiger partial charge >= 0.3 is 0 Å². The van der Waals surface area contributed by atoms with Crippen LogP contribution in [0.5, 0.6) is 0 Å². The third-order valence-electron chi connectivity index (χ3n) is 3.08. The minimum atomic E-state index is 0.156.